The lowest BCUT2D eigenvalue weighted by Gasteiger charge is -2.08. The summed E-state index contributed by atoms with van der Waals surface area (Å²) in [5.74, 6) is -0.361. The summed E-state index contributed by atoms with van der Waals surface area (Å²) in [4.78, 5) is 3.94. The summed E-state index contributed by atoms with van der Waals surface area (Å²) in [6.07, 6.45) is 1.53. The van der Waals surface area contributed by atoms with E-state index in [-0.39, 0.29) is 12.4 Å². The number of nitriles is 1. The normalized spacial score (nSPS) is 9.83. The van der Waals surface area contributed by atoms with Crippen molar-refractivity contribution in [3.05, 3.63) is 58.1 Å². The van der Waals surface area contributed by atoms with E-state index in [9.17, 15) is 4.39 Å². The molecule has 90 valence electrons. The highest BCUT2D eigenvalue weighted by Crippen LogP contribution is 2.20. The quantitative estimate of drug-likeness (QED) is 0.944. The van der Waals surface area contributed by atoms with Crippen LogP contribution in [0.5, 0.6) is 0 Å². The molecule has 2 aromatic rings. The molecular weight excluding hydrogens is 297 g/mol. The van der Waals surface area contributed by atoms with Crippen LogP contribution >= 0.6 is 15.9 Å². The molecule has 0 spiro atoms. The maximum Gasteiger partial charge on any atom is 0.146 e. The predicted molar refractivity (Wildman–Crippen MR) is 70.4 cm³/mol. The number of anilines is 1. The summed E-state index contributed by atoms with van der Waals surface area (Å²) < 4.78 is 14.2. The molecule has 3 nitrogen and oxygen atoms in total. The van der Waals surface area contributed by atoms with Crippen LogP contribution in [0.1, 0.15) is 11.3 Å². The molecule has 2 rings (SSSR count). The monoisotopic (exact) mass is 305 g/mol. The minimum atomic E-state index is -0.361. The molecule has 1 aromatic heterocycles. The van der Waals surface area contributed by atoms with Crippen LogP contribution in [0.15, 0.2) is 41.0 Å². The van der Waals surface area contributed by atoms with Gasteiger partial charge >= 0.3 is 0 Å². The van der Waals surface area contributed by atoms with Crippen molar-refractivity contribution in [1.82, 2.24) is 4.98 Å². The Labute approximate surface area is 112 Å². The Bertz CT molecular complexity index is 607. The first-order valence-electron chi connectivity index (χ1n) is 5.23. The van der Waals surface area contributed by atoms with Crippen molar-refractivity contribution in [2.75, 3.05) is 5.32 Å². The molecule has 1 aromatic carbocycles. The molecule has 0 bridgehead atoms. The fourth-order valence-corrected chi connectivity index (χ4v) is 1.85. The molecule has 1 heterocycles. The molecule has 0 amide bonds. The summed E-state index contributed by atoms with van der Waals surface area (Å²) >= 11 is 3.29. The Morgan fingerprint density at radius 3 is 2.94 bits per heavy atom. The predicted octanol–water partition coefficient (Wildman–Crippen LogP) is 3.47. The third-order valence-electron chi connectivity index (χ3n) is 2.38. The van der Waals surface area contributed by atoms with Gasteiger partial charge in [-0.05, 0) is 30.3 Å². The van der Waals surface area contributed by atoms with Gasteiger partial charge in [0.25, 0.3) is 0 Å². The van der Waals surface area contributed by atoms with Gasteiger partial charge in [-0.15, -0.1) is 0 Å². The number of rotatable bonds is 3. The topological polar surface area (TPSA) is 48.7 Å². The van der Waals surface area contributed by atoms with Gasteiger partial charge in [0.2, 0.25) is 0 Å². The number of hydrogen-bond acceptors (Lipinski definition) is 3. The highest BCUT2D eigenvalue weighted by atomic mass is 79.9. The zero-order valence-electron chi connectivity index (χ0n) is 9.32. The maximum absolute atomic E-state index is 13.4. The molecule has 0 fully saturated rings. The van der Waals surface area contributed by atoms with Crippen LogP contribution in [0, 0.1) is 17.1 Å². The molecule has 0 radical (unpaired) electrons. The smallest absolute Gasteiger partial charge is 0.146 e. The number of nitrogens with one attached hydrogen (secondary N) is 1. The second-order valence-corrected chi connectivity index (χ2v) is 4.50. The van der Waals surface area contributed by atoms with E-state index < -0.39 is 0 Å². The van der Waals surface area contributed by atoms with Crippen molar-refractivity contribution in [3.63, 3.8) is 0 Å². The summed E-state index contributed by atoms with van der Waals surface area (Å²) in [6.45, 7) is 0.239. The van der Waals surface area contributed by atoms with Crippen LogP contribution < -0.4 is 5.32 Å². The van der Waals surface area contributed by atoms with Crippen molar-refractivity contribution in [3.8, 4) is 6.07 Å². The third kappa shape index (κ3) is 2.84. The van der Waals surface area contributed by atoms with Crippen LogP contribution in [0.2, 0.25) is 0 Å². The van der Waals surface area contributed by atoms with Crippen molar-refractivity contribution in [1.29, 1.82) is 5.26 Å². The van der Waals surface area contributed by atoms with E-state index in [1.807, 2.05) is 6.07 Å². The second kappa shape index (κ2) is 5.61. The Morgan fingerprint density at radius 1 is 1.39 bits per heavy atom. The fraction of sp³-hybridized carbons (Fsp3) is 0.0769. The Morgan fingerprint density at radius 2 is 2.22 bits per heavy atom. The van der Waals surface area contributed by atoms with E-state index in [2.05, 4.69) is 32.3 Å². The average molecular weight is 306 g/mol. The van der Waals surface area contributed by atoms with Crippen molar-refractivity contribution >= 4 is 21.6 Å². The standard InChI is InChI=1S/C13H9BrFN3/c14-10-3-4-12(9(6-10)7-16)18-8-13-11(15)2-1-5-17-13/h1-6,18H,8H2. The molecule has 1 N–H and O–H groups in total. The van der Waals surface area contributed by atoms with E-state index >= 15 is 0 Å². The molecule has 0 aliphatic carbocycles. The first-order valence-corrected chi connectivity index (χ1v) is 6.03. The van der Waals surface area contributed by atoms with Gasteiger partial charge in [0.1, 0.15) is 11.9 Å². The van der Waals surface area contributed by atoms with E-state index in [0.717, 1.165) is 4.47 Å². The molecule has 18 heavy (non-hydrogen) atoms. The SMILES string of the molecule is N#Cc1cc(Br)ccc1NCc1ncccc1F. The van der Waals surface area contributed by atoms with Gasteiger partial charge in [-0.3, -0.25) is 4.98 Å². The van der Waals surface area contributed by atoms with Gasteiger partial charge in [0, 0.05) is 10.7 Å². The third-order valence-corrected chi connectivity index (χ3v) is 2.88. The van der Waals surface area contributed by atoms with Gasteiger partial charge in [0.05, 0.1) is 23.5 Å². The Hall–Kier alpha value is -1.93. The summed E-state index contributed by atoms with van der Waals surface area (Å²) in [6, 6.07) is 10.3. The molecular formula is C13H9BrFN3. The number of nitrogens with zero attached hydrogens (tertiary/aromatic N) is 2. The van der Waals surface area contributed by atoms with E-state index in [4.69, 9.17) is 5.26 Å². The van der Waals surface area contributed by atoms with Crippen LogP contribution in [-0.4, -0.2) is 4.98 Å². The van der Waals surface area contributed by atoms with E-state index in [1.165, 1.54) is 12.3 Å². The van der Waals surface area contributed by atoms with Gasteiger partial charge in [-0.2, -0.15) is 5.26 Å². The summed E-state index contributed by atoms with van der Waals surface area (Å²) in [5, 5.41) is 12.0. The number of hydrogen-bond donors (Lipinski definition) is 1. The summed E-state index contributed by atoms with van der Waals surface area (Å²) in [5.41, 5.74) is 1.48. The number of benzene rings is 1. The largest absolute Gasteiger partial charge is 0.378 e. The molecule has 5 heteroatoms. The first kappa shape index (κ1) is 12.5. The minimum absolute atomic E-state index is 0.239. The number of halogens is 2. The minimum Gasteiger partial charge on any atom is -0.378 e. The van der Waals surface area contributed by atoms with Gasteiger partial charge < -0.3 is 5.32 Å². The lowest BCUT2D eigenvalue weighted by Crippen LogP contribution is -2.05. The molecule has 0 saturated carbocycles. The van der Waals surface area contributed by atoms with Crippen LogP contribution in [-0.2, 0) is 6.54 Å². The highest BCUT2D eigenvalue weighted by molar-refractivity contribution is 9.10. The lowest BCUT2D eigenvalue weighted by molar-refractivity contribution is 0.602. The molecule has 0 saturated heterocycles. The van der Waals surface area contributed by atoms with Crippen molar-refractivity contribution in [2.45, 2.75) is 6.54 Å². The zero-order chi connectivity index (χ0) is 13.0. The van der Waals surface area contributed by atoms with Crippen molar-refractivity contribution < 1.29 is 4.39 Å². The Kier molecular flexibility index (Phi) is 3.90. The van der Waals surface area contributed by atoms with Crippen LogP contribution in [0.3, 0.4) is 0 Å². The lowest BCUT2D eigenvalue weighted by atomic mass is 10.2. The maximum atomic E-state index is 13.4. The number of aromatic nitrogens is 1. The first-order chi connectivity index (χ1) is 8.70. The van der Waals surface area contributed by atoms with E-state index in [0.29, 0.717) is 16.9 Å². The molecule has 0 aliphatic rings. The Balaban J connectivity index is 2.16. The molecule has 0 atom stereocenters. The van der Waals surface area contributed by atoms with E-state index in [1.54, 1.807) is 18.2 Å². The molecule has 0 unspecified atom stereocenters. The van der Waals surface area contributed by atoms with Gasteiger partial charge in [0.15, 0.2) is 0 Å². The zero-order valence-corrected chi connectivity index (χ0v) is 10.9. The average Bonchev–Trinajstić information content (AvgIpc) is 2.39. The fourth-order valence-electron chi connectivity index (χ4n) is 1.49. The summed E-state index contributed by atoms with van der Waals surface area (Å²) in [7, 11) is 0. The number of pyridine rings is 1. The van der Waals surface area contributed by atoms with Crippen LogP contribution in [0.25, 0.3) is 0 Å². The molecule has 0 aliphatic heterocycles. The van der Waals surface area contributed by atoms with Crippen molar-refractivity contribution in [2.24, 2.45) is 0 Å². The second-order valence-electron chi connectivity index (χ2n) is 3.59. The van der Waals surface area contributed by atoms with Gasteiger partial charge in [-0.1, -0.05) is 15.9 Å². The van der Waals surface area contributed by atoms with Crippen LogP contribution in [0.4, 0.5) is 10.1 Å². The highest BCUT2D eigenvalue weighted by Gasteiger charge is 2.05. The van der Waals surface area contributed by atoms with Gasteiger partial charge in [-0.25, -0.2) is 4.39 Å².